The van der Waals surface area contributed by atoms with E-state index < -0.39 is 0 Å². The number of nitrogens with one attached hydrogen (secondary N) is 1. The van der Waals surface area contributed by atoms with E-state index in [-0.39, 0.29) is 5.91 Å². The second kappa shape index (κ2) is 6.63. The number of halogens is 2. The van der Waals surface area contributed by atoms with Gasteiger partial charge in [-0.25, -0.2) is 0 Å². The number of hydrogen-bond donors (Lipinski definition) is 2. The van der Waals surface area contributed by atoms with E-state index in [1.54, 1.807) is 6.07 Å². The standard InChI is InChI=1S/C14H11ClINOS/c15-12-8-10(16)3-6-13(12)17-14(18)7-9-1-4-11(19)5-2-9/h1-6,8,19H,7H2,(H,17,18). The van der Waals surface area contributed by atoms with Crippen LogP contribution >= 0.6 is 46.8 Å². The first kappa shape index (κ1) is 14.7. The highest BCUT2D eigenvalue weighted by molar-refractivity contribution is 14.1. The van der Waals surface area contributed by atoms with Crippen LogP contribution in [-0.2, 0) is 11.2 Å². The maximum Gasteiger partial charge on any atom is 0.228 e. The molecule has 0 aliphatic carbocycles. The molecule has 0 bridgehead atoms. The second-order valence-corrected chi connectivity index (χ2v) is 6.18. The number of carbonyl (C=O) groups excluding carboxylic acids is 1. The normalized spacial score (nSPS) is 10.3. The van der Waals surface area contributed by atoms with Crippen molar-refractivity contribution >= 4 is 58.4 Å². The summed E-state index contributed by atoms with van der Waals surface area (Å²) in [5, 5.41) is 3.35. The third kappa shape index (κ3) is 4.40. The molecule has 0 fully saturated rings. The number of anilines is 1. The van der Waals surface area contributed by atoms with Crippen LogP contribution in [0.15, 0.2) is 47.4 Å². The number of carbonyl (C=O) groups is 1. The number of amides is 1. The van der Waals surface area contributed by atoms with Crippen molar-refractivity contribution in [3.05, 3.63) is 56.6 Å². The molecule has 0 spiro atoms. The van der Waals surface area contributed by atoms with Crippen molar-refractivity contribution in [1.29, 1.82) is 0 Å². The molecule has 2 rings (SSSR count). The number of rotatable bonds is 3. The zero-order valence-corrected chi connectivity index (χ0v) is 13.7. The Morgan fingerprint density at radius 3 is 2.53 bits per heavy atom. The molecule has 0 radical (unpaired) electrons. The summed E-state index contributed by atoms with van der Waals surface area (Å²) in [6.07, 6.45) is 0.316. The molecule has 0 aliphatic rings. The highest BCUT2D eigenvalue weighted by atomic mass is 127. The Labute approximate surface area is 136 Å². The third-order valence-electron chi connectivity index (χ3n) is 2.51. The molecule has 5 heteroatoms. The Morgan fingerprint density at radius 2 is 1.89 bits per heavy atom. The highest BCUT2D eigenvalue weighted by Gasteiger charge is 2.07. The summed E-state index contributed by atoms with van der Waals surface area (Å²) in [6, 6.07) is 13.0. The van der Waals surface area contributed by atoms with Crippen molar-refractivity contribution in [2.75, 3.05) is 5.32 Å². The van der Waals surface area contributed by atoms with Gasteiger partial charge in [-0.1, -0.05) is 23.7 Å². The van der Waals surface area contributed by atoms with Crippen molar-refractivity contribution < 1.29 is 4.79 Å². The summed E-state index contributed by atoms with van der Waals surface area (Å²) in [7, 11) is 0. The van der Waals surface area contributed by atoms with Gasteiger partial charge in [0.05, 0.1) is 17.1 Å². The average molecular weight is 404 g/mol. The lowest BCUT2D eigenvalue weighted by molar-refractivity contribution is -0.115. The van der Waals surface area contributed by atoms with Gasteiger partial charge in [0.25, 0.3) is 0 Å². The SMILES string of the molecule is O=C(Cc1ccc(S)cc1)Nc1ccc(I)cc1Cl. The summed E-state index contributed by atoms with van der Waals surface area (Å²) < 4.78 is 1.03. The molecular weight excluding hydrogens is 393 g/mol. The highest BCUT2D eigenvalue weighted by Crippen LogP contribution is 2.24. The molecule has 0 saturated carbocycles. The Kier molecular flexibility index (Phi) is 5.13. The molecule has 0 heterocycles. The lowest BCUT2D eigenvalue weighted by Gasteiger charge is -2.07. The predicted molar refractivity (Wildman–Crippen MR) is 90.2 cm³/mol. The van der Waals surface area contributed by atoms with Crippen molar-refractivity contribution in [2.24, 2.45) is 0 Å². The number of benzene rings is 2. The zero-order valence-electron chi connectivity index (χ0n) is 9.86. The van der Waals surface area contributed by atoms with Crippen LogP contribution in [0.25, 0.3) is 0 Å². The van der Waals surface area contributed by atoms with Crippen molar-refractivity contribution in [2.45, 2.75) is 11.3 Å². The fraction of sp³-hybridized carbons (Fsp3) is 0.0714. The number of hydrogen-bond acceptors (Lipinski definition) is 2. The molecule has 0 unspecified atom stereocenters. The Hall–Kier alpha value is -0.720. The summed E-state index contributed by atoms with van der Waals surface area (Å²) in [5.74, 6) is -0.0879. The molecule has 1 N–H and O–H groups in total. The Balaban J connectivity index is 2.03. The van der Waals surface area contributed by atoms with E-state index in [1.807, 2.05) is 36.4 Å². The molecule has 98 valence electrons. The molecule has 0 aromatic heterocycles. The van der Waals surface area contributed by atoms with Gasteiger partial charge < -0.3 is 5.32 Å². The van der Waals surface area contributed by atoms with Crippen LogP contribution in [0.3, 0.4) is 0 Å². The van der Waals surface area contributed by atoms with E-state index >= 15 is 0 Å². The second-order valence-electron chi connectivity index (χ2n) is 4.02. The molecule has 0 atom stereocenters. The van der Waals surface area contributed by atoms with Gasteiger partial charge >= 0.3 is 0 Å². The van der Waals surface area contributed by atoms with Crippen LogP contribution in [0, 0.1) is 3.57 Å². The van der Waals surface area contributed by atoms with Gasteiger partial charge in [0.2, 0.25) is 5.91 Å². The maximum absolute atomic E-state index is 11.9. The minimum atomic E-state index is -0.0879. The van der Waals surface area contributed by atoms with Crippen molar-refractivity contribution in [3.8, 4) is 0 Å². The van der Waals surface area contributed by atoms with Crippen LogP contribution in [0.5, 0.6) is 0 Å². The van der Waals surface area contributed by atoms with E-state index in [2.05, 4.69) is 40.5 Å². The van der Waals surface area contributed by atoms with Gasteiger partial charge in [-0.05, 0) is 58.5 Å². The maximum atomic E-state index is 11.9. The van der Waals surface area contributed by atoms with Gasteiger partial charge in [-0.3, -0.25) is 4.79 Å². The van der Waals surface area contributed by atoms with E-state index in [4.69, 9.17) is 11.6 Å². The monoisotopic (exact) mass is 403 g/mol. The summed E-state index contributed by atoms with van der Waals surface area (Å²) >= 11 is 12.4. The topological polar surface area (TPSA) is 29.1 Å². The van der Waals surface area contributed by atoms with E-state index in [0.717, 1.165) is 14.0 Å². The first-order chi connectivity index (χ1) is 9.04. The minimum absolute atomic E-state index is 0.0879. The predicted octanol–water partition coefficient (Wildman–Crippen LogP) is 4.41. The molecule has 0 saturated heterocycles. The first-order valence-electron chi connectivity index (χ1n) is 5.57. The van der Waals surface area contributed by atoms with Crippen LogP contribution in [-0.4, -0.2) is 5.91 Å². The van der Waals surface area contributed by atoms with Gasteiger partial charge in [0, 0.05) is 8.47 Å². The van der Waals surface area contributed by atoms with Gasteiger partial charge in [-0.2, -0.15) is 0 Å². The van der Waals surface area contributed by atoms with Crippen LogP contribution in [0.1, 0.15) is 5.56 Å². The fourth-order valence-corrected chi connectivity index (χ4v) is 2.64. The number of thiol groups is 1. The van der Waals surface area contributed by atoms with Crippen LogP contribution in [0.2, 0.25) is 5.02 Å². The molecule has 19 heavy (non-hydrogen) atoms. The lowest BCUT2D eigenvalue weighted by atomic mass is 10.1. The third-order valence-corrected chi connectivity index (χ3v) is 3.79. The Morgan fingerprint density at radius 1 is 1.21 bits per heavy atom. The minimum Gasteiger partial charge on any atom is -0.324 e. The van der Waals surface area contributed by atoms with Gasteiger partial charge in [0.1, 0.15) is 0 Å². The quantitative estimate of drug-likeness (QED) is 0.577. The van der Waals surface area contributed by atoms with Crippen molar-refractivity contribution in [1.82, 2.24) is 0 Å². The van der Waals surface area contributed by atoms with Gasteiger partial charge in [0.15, 0.2) is 0 Å². The molecule has 2 aromatic carbocycles. The molecule has 1 amide bonds. The molecule has 2 nitrogen and oxygen atoms in total. The summed E-state index contributed by atoms with van der Waals surface area (Å²) in [4.78, 5) is 12.8. The summed E-state index contributed by atoms with van der Waals surface area (Å²) in [5.41, 5.74) is 1.58. The zero-order chi connectivity index (χ0) is 13.8. The molecular formula is C14H11ClINOS. The van der Waals surface area contributed by atoms with Crippen molar-refractivity contribution in [3.63, 3.8) is 0 Å². The van der Waals surface area contributed by atoms with Gasteiger partial charge in [-0.15, -0.1) is 12.6 Å². The van der Waals surface area contributed by atoms with E-state index in [0.29, 0.717) is 17.1 Å². The van der Waals surface area contributed by atoms with Crippen LogP contribution in [0.4, 0.5) is 5.69 Å². The average Bonchev–Trinajstić information content (AvgIpc) is 2.36. The molecule has 0 aliphatic heterocycles. The molecule has 2 aromatic rings. The Bertz CT molecular complexity index is 601. The fourth-order valence-electron chi connectivity index (χ4n) is 1.58. The van der Waals surface area contributed by atoms with E-state index in [1.165, 1.54) is 0 Å². The van der Waals surface area contributed by atoms with Crippen LogP contribution < -0.4 is 5.32 Å². The largest absolute Gasteiger partial charge is 0.324 e. The smallest absolute Gasteiger partial charge is 0.228 e. The first-order valence-corrected chi connectivity index (χ1v) is 7.48. The van der Waals surface area contributed by atoms with E-state index in [9.17, 15) is 4.79 Å². The lowest BCUT2D eigenvalue weighted by Crippen LogP contribution is -2.14. The summed E-state index contributed by atoms with van der Waals surface area (Å²) in [6.45, 7) is 0.